The number of hydrogen-bond donors (Lipinski definition) is 2. The number of ether oxygens (including phenoxy) is 1. The van der Waals surface area contributed by atoms with Crippen molar-refractivity contribution in [2.24, 2.45) is 5.73 Å². The number of methoxy groups -OCH3 is 1. The van der Waals surface area contributed by atoms with Crippen molar-refractivity contribution >= 4 is 11.8 Å². The predicted molar refractivity (Wildman–Crippen MR) is 68.3 cm³/mol. The van der Waals surface area contributed by atoms with E-state index in [1.54, 1.807) is 31.3 Å². The highest BCUT2D eigenvalue weighted by Gasteiger charge is 2.14. The van der Waals surface area contributed by atoms with Crippen molar-refractivity contribution in [1.29, 1.82) is 0 Å². The third-order valence-corrected chi connectivity index (χ3v) is 3.37. The van der Waals surface area contributed by atoms with Gasteiger partial charge < -0.3 is 15.5 Å². The van der Waals surface area contributed by atoms with E-state index in [1.165, 1.54) is 0 Å². The molecule has 0 spiro atoms. The van der Waals surface area contributed by atoms with Crippen molar-refractivity contribution in [2.45, 2.75) is 23.0 Å². The highest BCUT2D eigenvalue weighted by molar-refractivity contribution is 7.99. The zero-order valence-corrected chi connectivity index (χ0v) is 10.6. The van der Waals surface area contributed by atoms with Crippen LogP contribution in [0.1, 0.15) is 18.5 Å². The Balaban J connectivity index is 2.39. The van der Waals surface area contributed by atoms with Crippen LogP contribution in [0.3, 0.4) is 0 Å². The summed E-state index contributed by atoms with van der Waals surface area (Å²) >= 11 is 1.55. The molecule has 1 aromatic carbocycles. The molecule has 2 aromatic rings. The van der Waals surface area contributed by atoms with Gasteiger partial charge in [0.25, 0.3) is 0 Å². The maximum absolute atomic E-state index is 6.00. The Morgan fingerprint density at radius 2 is 2.29 bits per heavy atom. The third-order valence-electron chi connectivity index (χ3n) is 2.38. The Bertz CT molecular complexity index is 483. The Hall–Kier alpha value is -1.46. The van der Waals surface area contributed by atoms with Gasteiger partial charge in [0.05, 0.1) is 7.11 Å². The molecule has 1 atom stereocenters. The summed E-state index contributed by atoms with van der Waals surface area (Å²) in [7, 11) is 1.66. The summed E-state index contributed by atoms with van der Waals surface area (Å²) in [6, 6.07) is 5.82. The summed E-state index contributed by atoms with van der Waals surface area (Å²) in [4.78, 5) is 8.32. The maximum Gasteiger partial charge on any atom is 0.170 e. The van der Waals surface area contributed by atoms with Crippen LogP contribution >= 0.6 is 11.8 Å². The number of hydrogen-bond acceptors (Lipinski definition) is 4. The van der Waals surface area contributed by atoms with Gasteiger partial charge in [-0.25, -0.2) is 4.98 Å². The molecule has 4 nitrogen and oxygen atoms in total. The smallest absolute Gasteiger partial charge is 0.170 e. The first kappa shape index (κ1) is 12.0. The summed E-state index contributed by atoms with van der Waals surface area (Å²) in [6.45, 7) is 1.95. The molecular weight excluding hydrogens is 234 g/mol. The largest absolute Gasteiger partial charge is 0.496 e. The second-order valence-electron chi connectivity index (χ2n) is 3.66. The molecular formula is C12H15N3OS. The summed E-state index contributed by atoms with van der Waals surface area (Å²) in [5.41, 5.74) is 7.01. The number of nitrogens with two attached hydrogens (primary N) is 1. The Kier molecular flexibility index (Phi) is 3.71. The van der Waals surface area contributed by atoms with E-state index in [4.69, 9.17) is 10.5 Å². The number of aromatic nitrogens is 2. The molecule has 1 heterocycles. The van der Waals surface area contributed by atoms with Crippen LogP contribution in [-0.4, -0.2) is 17.1 Å². The van der Waals surface area contributed by atoms with Crippen LogP contribution in [0.15, 0.2) is 40.6 Å². The Labute approximate surface area is 105 Å². The Morgan fingerprint density at radius 1 is 1.47 bits per heavy atom. The average Bonchev–Trinajstić information content (AvgIpc) is 2.81. The van der Waals surface area contributed by atoms with Crippen LogP contribution in [0.4, 0.5) is 0 Å². The quantitative estimate of drug-likeness (QED) is 0.874. The van der Waals surface area contributed by atoms with Gasteiger partial charge in [-0.3, -0.25) is 0 Å². The highest BCUT2D eigenvalue weighted by Crippen LogP contribution is 2.36. The monoisotopic (exact) mass is 249 g/mol. The molecule has 0 saturated carbocycles. The van der Waals surface area contributed by atoms with Gasteiger partial charge in [0.2, 0.25) is 0 Å². The third kappa shape index (κ3) is 2.62. The van der Waals surface area contributed by atoms with E-state index in [1.807, 2.05) is 25.1 Å². The molecule has 0 amide bonds. The fraction of sp³-hybridized carbons (Fsp3) is 0.250. The van der Waals surface area contributed by atoms with E-state index in [9.17, 15) is 0 Å². The number of imidazole rings is 1. The molecule has 0 aliphatic rings. The standard InChI is InChI=1S/C12H15N3OS/c1-8(13)11-9(16-2)4-3-5-10(11)17-12-14-6-7-15-12/h3-8H,13H2,1-2H3,(H,14,15)/t8-/m0/s1. The van der Waals surface area contributed by atoms with Crippen LogP contribution < -0.4 is 10.5 Å². The zero-order valence-electron chi connectivity index (χ0n) is 9.81. The molecule has 17 heavy (non-hydrogen) atoms. The van der Waals surface area contributed by atoms with E-state index in [-0.39, 0.29) is 6.04 Å². The van der Waals surface area contributed by atoms with Gasteiger partial charge in [-0.2, -0.15) is 0 Å². The van der Waals surface area contributed by atoms with Gasteiger partial charge in [-0.1, -0.05) is 17.8 Å². The first-order chi connectivity index (χ1) is 8.22. The number of nitrogens with zero attached hydrogens (tertiary/aromatic N) is 1. The molecule has 2 rings (SSSR count). The van der Waals surface area contributed by atoms with Crippen LogP contribution in [0.25, 0.3) is 0 Å². The fourth-order valence-electron chi connectivity index (χ4n) is 1.65. The number of aromatic amines is 1. The minimum Gasteiger partial charge on any atom is -0.496 e. The van der Waals surface area contributed by atoms with Crippen LogP contribution in [-0.2, 0) is 0 Å². The Morgan fingerprint density at radius 3 is 2.88 bits per heavy atom. The topological polar surface area (TPSA) is 63.9 Å². The van der Waals surface area contributed by atoms with Gasteiger partial charge in [-0.15, -0.1) is 0 Å². The first-order valence-electron chi connectivity index (χ1n) is 5.32. The van der Waals surface area contributed by atoms with E-state index in [0.717, 1.165) is 21.4 Å². The maximum atomic E-state index is 6.00. The second-order valence-corrected chi connectivity index (χ2v) is 4.69. The molecule has 0 radical (unpaired) electrons. The van der Waals surface area contributed by atoms with Crippen molar-refractivity contribution in [3.63, 3.8) is 0 Å². The van der Waals surface area contributed by atoms with Gasteiger partial charge >= 0.3 is 0 Å². The van der Waals surface area contributed by atoms with E-state index >= 15 is 0 Å². The lowest BCUT2D eigenvalue weighted by Gasteiger charge is -2.15. The minimum atomic E-state index is -0.0800. The summed E-state index contributed by atoms with van der Waals surface area (Å²) in [5.74, 6) is 0.816. The van der Waals surface area contributed by atoms with Crippen LogP contribution in [0.2, 0.25) is 0 Å². The van der Waals surface area contributed by atoms with E-state index < -0.39 is 0 Å². The lowest BCUT2D eigenvalue weighted by Crippen LogP contribution is -2.08. The van der Waals surface area contributed by atoms with Gasteiger partial charge in [-0.05, 0) is 19.1 Å². The zero-order chi connectivity index (χ0) is 12.3. The molecule has 0 saturated heterocycles. The molecule has 0 aliphatic carbocycles. The normalized spacial score (nSPS) is 12.4. The second kappa shape index (κ2) is 5.25. The molecule has 3 N–H and O–H groups in total. The average molecular weight is 249 g/mol. The van der Waals surface area contributed by atoms with Crippen molar-refractivity contribution < 1.29 is 4.74 Å². The SMILES string of the molecule is COc1cccc(Sc2ncc[nH]2)c1[C@H](C)N. The van der Waals surface area contributed by atoms with E-state index in [0.29, 0.717) is 0 Å². The molecule has 0 fully saturated rings. The highest BCUT2D eigenvalue weighted by atomic mass is 32.2. The van der Waals surface area contributed by atoms with Gasteiger partial charge in [0.1, 0.15) is 5.75 Å². The van der Waals surface area contributed by atoms with Crippen molar-refractivity contribution in [2.75, 3.05) is 7.11 Å². The van der Waals surface area contributed by atoms with E-state index in [2.05, 4.69) is 9.97 Å². The number of nitrogens with one attached hydrogen (secondary N) is 1. The molecule has 90 valence electrons. The summed E-state index contributed by atoms with van der Waals surface area (Å²) < 4.78 is 5.34. The van der Waals surface area contributed by atoms with Crippen molar-refractivity contribution in [3.05, 3.63) is 36.2 Å². The first-order valence-corrected chi connectivity index (χ1v) is 6.13. The van der Waals surface area contributed by atoms with Crippen LogP contribution in [0.5, 0.6) is 5.75 Å². The van der Waals surface area contributed by atoms with Crippen molar-refractivity contribution in [3.8, 4) is 5.75 Å². The number of benzene rings is 1. The summed E-state index contributed by atoms with van der Waals surface area (Å²) in [5, 5.41) is 0.847. The molecule has 0 aliphatic heterocycles. The number of rotatable bonds is 4. The minimum absolute atomic E-state index is 0.0800. The van der Waals surface area contributed by atoms with Crippen LogP contribution in [0, 0.1) is 0 Å². The predicted octanol–water partition coefficient (Wildman–Crippen LogP) is 2.59. The van der Waals surface area contributed by atoms with Gasteiger partial charge in [0.15, 0.2) is 5.16 Å². The molecule has 1 aromatic heterocycles. The molecule has 0 bridgehead atoms. The number of H-pyrrole nitrogens is 1. The fourth-order valence-corrected chi connectivity index (χ4v) is 2.64. The van der Waals surface area contributed by atoms with Gasteiger partial charge in [0, 0.05) is 28.9 Å². The lowest BCUT2D eigenvalue weighted by molar-refractivity contribution is 0.405. The summed E-state index contributed by atoms with van der Waals surface area (Å²) in [6.07, 6.45) is 3.53. The molecule has 0 unspecified atom stereocenters. The van der Waals surface area contributed by atoms with Crippen molar-refractivity contribution in [1.82, 2.24) is 9.97 Å². The lowest BCUT2D eigenvalue weighted by atomic mass is 10.1. The molecule has 5 heteroatoms.